The normalized spacial score (nSPS) is 13.1. The summed E-state index contributed by atoms with van der Waals surface area (Å²) in [5.41, 5.74) is 3.21. The highest BCUT2D eigenvalue weighted by atomic mass is 16.5. The summed E-state index contributed by atoms with van der Waals surface area (Å²) in [7, 11) is 1.60. The van der Waals surface area contributed by atoms with E-state index in [1.165, 1.54) is 0 Å². The summed E-state index contributed by atoms with van der Waals surface area (Å²) in [6.07, 6.45) is 1.85. The van der Waals surface area contributed by atoms with Gasteiger partial charge in [-0.05, 0) is 26.3 Å². The number of methoxy groups -OCH3 is 1. The van der Waals surface area contributed by atoms with Crippen LogP contribution in [0.2, 0.25) is 0 Å². The van der Waals surface area contributed by atoms with Crippen molar-refractivity contribution in [3.8, 4) is 5.88 Å². The second-order valence-electron chi connectivity index (χ2n) is 6.38. The minimum absolute atomic E-state index is 0.0296. The monoisotopic (exact) mass is 355 g/mol. The van der Waals surface area contributed by atoms with Gasteiger partial charge in [-0.1, -0.05) is 6.92 Å². The number of carbonyl (C=O) groups excluding carboxylic acids is 1. The van der Waals surface area contributed by atoms with Gasteiger partial charge in [0.1, 0.15) is 11.6 Å². The molecule has 0 atom stereocenters. The average molecular weight is 355 g/mol. The lowest BCUT2D eigenvalue weighted by molar-refractivity contribution is 0.0786. The Balaban J connectivity index is 1.83. The number of rotatable bonds is 7. The second-order valence-corrected chi connectivity index (χ2v) is 6.38. The number of ether oxygens (including phenoxy) is 1. The molecule has 138 valence electrons. The van der Waals surface area contributed by atoms with Crippen molar-refractivity contribution in [1.82, 2.24) is 19.9 Å². The molecule has 0 aromatic carbocycles. The third-order valence-corrected chi connectivity index (χ3v) is 4.41. The summed E-state index contributed by atoms with van der Waals surface area (Å²) < 4.78 is 5.44. The Morgan fingerprint density at radius 3 is 2.73 bits per heavy atom. The van der Waals surface area contributed by atoms with E-state index in [9.17, 15) is 4.79 Å². The summed E-state index contributed by atoms with van der Waals surface area (Å²) in [6, 6.07) is 3.80. The van der Waals surface area contributed by atoms with Gasteiger partial charge < -0.3 is 15.0 Å². The van der Waals surface area contributed by atoms with Gasteiger partial charge in [0.2, 0.25) is 5.88 Å². The zero-order valence-electron chi connectivity index (χ0n) is 15.8. The number of nitrogens with one attached hydrogen (secondary N) is 1. The minimum Gasteiger partial charge on any atom is -0.481 e. The number of aromatic nitrogens is 3. The summed E-state index contributed by atoms with van der Waals surface area (Å²) >= 11 is 0. The third-order valence-electron chi connectivity index (χ3n) is 4.41. The molecule has 0 fully saturated rings. The molecule has 0 unspecified atom stereocenters. The lowest BCUT2D eigenvalue weighted by atomic mass is 10.1. The fraction of sp³-hybridized carbons (Fsp3) is 0.474. The maximum atomic E-state index is 12.4. The van der Waals surface area contributed by atoms with Crippen molar-refractivity contribution in [2.45, 2.75) is 46.7 Å². The predicted octanol–water partition coefficient (Wildman–Crippen LogP) is 2.73. The van der Waals surface area contributed by atoms with Crippen molar-refractivity contribution in [1.29, 1.82) is 0 Å². The molecule has 1 aliphatic rings. The fourth-order valence-electron chi connectivity index (χ4n) is 3.10. The second kappa shape index (κ2) is 7.68. The van der Waals surface area contributed by atoms with Crippen LogP contribution in [0.1, 0.15) is 53.4 Å². The molecule has 0 aliphatic carbocycles. The van der Waals surface area contributed by atoms with Crippen molar-refractivity contribution in [3.05, 3.63) is 40.5 Å². The maximum absolute atomic E-state index is 12.4. The summed E-state index contributed by atoms with van der Waals surface area (Å²) in [5, 5.41) is 3.31. The predicted molar refractivity (Wildman–Crippen MR) is 99.3 cm³/mol. The van der Waals surface area contributed by atoms with Gasteiger partial charge >= 0.3 is 0 Å². The van der Waals surface area contributed by atoms with E-state index in [1.54, 1.807) is 12.0 Å². The topological polar surface area (TPSA) is 80.2 Å². The van der Waals surface area contributed by atoms with Crippen LogP contribution in [0.5, 0.6) is 5.88 Å². The van der Waals surface area contributed by atoms with Gasteiger partial charge in [-0.15, -0.1) is 0 Å². The molecule has 0 saturated carbocycles. The van der Waals surface area contributed by atoms with Gasteiger partial charge in [0.05, 0.1) is 24.9 Å². The molecule has 26 heavy (non-hydrogen) atoms. The van der Waals surface area contributed by atoms with E-state index >= 15 is 0 Å². The van der Waals surface area contributed by atoms with Crippen molar-refractivity contribution in [3.63, 3.8) is 0 Å². The number of anilines is 1. The van der Waals surface area contributed by atoms with Crippen LogP contribution in [0.3, 0.4) is 0 Å². The van der Waals surface area contributed by atoms with Gasteiger partial charge in [-0.25, -0.2) is 15.0 Å². The Kier molecular flexibility index (Phi) is 5.35. The van der Waals surface area contributed by atoms with Crippen LogP contribution < -0.4 is 10.1 Å². The van der Waals surface area contributed by atoms with E-state index in [2.05, 4.69) is 27.2 Å². The number of amides is 1. The van der Waals surface area contributed by atoms with Crippen LogP contribution in [0.25, 0.3) is 0 Å². The van der Waals surface area contributed by atoms with Crippen LogP contribution in [-0.4, -0.2) is 39.4 Å². The maximum Gasteiger partial charge on any atom is 0.256 e. The van der Waals surface area contributed by atoms with E-state index in [0.717, 1.165) is 41.4 Å². The molecule has 1 N–H and O–H groups in total. The molecule has 3 rings (SSSR count). The highest BCUT2D eigenvalue weighted by Crippen LogP contribution is 2.27. The van der Waals surface area contributed by atoms with Crippen LogP contribution in [0, 0.1) is 6.92 Å². The quantitative estimate of drug-likeness (QED) is 0.822. The van der Waals surface area contributed by atoms with Gasteiger partial charge in [0.15, 0.2) is 0 Å². The molecule has 0 bridgehead atoms. The zero-order chi connectivity index (χ0) is 18.7. The van der Waals surface area contributed by atoms with Crippen LogP contribution in [0.15, 0.2) is 12.1 Å². The highest BCUT2D eigenvalue weighted by Gasteiger charge is 2.29. The first-order chi connectivity index (χ1) is 12.5. The molecule has 1 aliphatic heterocycles. The van der Waals surface area contributed by atoms with Crippen molar-refractivity contribution in [2.75, 3.05) is 19.0 Å². The molecular weight excluding hydrogens is 330 g/mol. The molecule has 7 nitrogen and oxygen atoms in total. The Hall–Kier alpha value is -2.70. The van der Waals surface area contributed by atoms with Crippen molar-refractivity contribution >= 4 is 11.7 Å². The lowest BCUT2D eigenvalue weighted by Gasteiger charge is -2.12. The lowest BCUT2D eigenvalue weighted by Crippen LogP contribution is -2.23. The molecule has 2 aromatic heterocycles. The van der Waals surface area contributed by atoms with E-state index < -0.39 is 0 Å². The van der Waals surface area contributed by atoms with Gasteiger partial charge in [-0.2, -0.15) is 0 Å². The zero-order valence-corrected chi connectivity index (χ0v) is 15.8. The molecule has 0 radical (unpaired) electrons. The van der Waals surface area contributed by atoms with E-state index in [0.29, 0.717) is 31.1 Å². The Bertz CT molecular complexity index is 822. The summed E-state index contributed by atoms with van der Waals surface area (Å²) in [4.78, 5) is 27.7. The number of fused-ring (bicyclic) bond motifs is 1. The Labute approximate surface area is 153 Å². The number of aryl methyl sites for hydroxylation is 2. The van der Waals surface area contributed by atoms with Crippen LogP contribution >= 0.6 is 0 Å². The van der Waals surface area contributed by atoms with Crippen molar-refractivity contribution in [2.24, 2.45) is 0 Å². The molecule has 1 amide bonds. The number of nitrogens with zero attached hydrogens (tertiary/aromatic N) is 4. The summed E-state index contributed by atoms with van der Waals surface area (Å²) in [6.45, 7) is 7.73. The minimum atomic E-state index is 0.0296. The summed E-state index contributed by atoms with van der Waals surface area (Å²) in [5.74, 6) is 2.18. The van der Waals surface area contributed by atoms with E-state index in [1.807, 2.05) is 26.0 Å². The Morgan fingerprint density at radius 2 is 2.04 bits per heavy atom. The highest BCUT2D eigenvalue weighted by molar-refractivity contribution is 5.98. The molecule has 2 aromatic rings. The van der Waals surface area contributed by atoms with E-state index in [-0.39, 0.29) is 5.91 Å². The first kappa shape index (κ1) is 18.1. The van der Waals surface area contributed by atoms with Gasteiger partial charge in [0, 0.05) is 36.8 Å². The molecule has 7 heteroatoms. The first-order valence-corrected chi connectivity index (χ1v) is 9.00. The van der Waals surface area contributed by atoms with Crippen LogP contribution in [0.4, 0.5) is 5.82 Å². The number of hydrogen-bond acceptors (Lipinski definition) is 6. The van der Waals surface area contributed by atoms with Gasteiger partial charge in [0.25, 0.3) is 5.91 Å². The molecule has 0 saturated heterocycles. The Morgan fingerprint density at radius 1 is 1.23 bits per heavy atom. The molecule has 0 spiro atoms. The SMILES string of the molecule is CCCc1nc(C)cc(NCc2cc3c(nc2OC)CN(CC)C3=O)n1. The largest absolute Gasteiger partial charge is 0.481 e. The van der Waals surface area contributed by atoms with E-state index in [4.69, 9.17) is 4.74 Å². The number of pyridine rings is 1. The van der Waals surface area contributed by atoms with Gasteiger partial charge in [-0.3, -0.25) is 4.79 Å². The number of hydrogen-bond donors (Lipinski definition) is 1. The smallest absolute Gasteiger partial charge is 0.256 e. The fourth-order valence-corrected chi connectivity index (χ4v) is 3.10. The number of carbonyl (C=O) groups is 1. The van der Waals surface area contributed by atoms with Crippen molar-refractivity contribution < 1.29 is 9.53 Å². The van der Waals surface area contributed by atoms with Crippen LogP contribution in [-0.2, 0) is 19.5 Å². The first-order valence-electron chi connectivity index (χ1n) is 9.00. The molecular formula is C19H25N5O2. The standard InChI is InChI=1S/C19H25N5O2/c1-5-7-16-21-12(3)8-17(23-16)20-10-13-9-14-15(22-18(13)26-4)11-24(6-2)19(14)25/h8-9H,5-7,10-11H2,1-4H3,(H,20,21,23). The average Bonchev–Trinajstić information content (AvgIpc) is 2.94. The molecule has 3 heterocycles. The third kappa shape index (κ3) is 3.61.